The summed E-state index contributed by atoms with van der Waals surface area (Å²) in [4.78, 5) is 12.2. The van der Waals surface area contributed by atoms with E-state index in [1.807, 2.05) is 31.2 Å². The molecule has 7 nitrogen and oxygen atoms in total. The lowest BCUT2D eigenvalue weighted by Crippen LogP contribution is -2.14. The van der Waals surface area contributed by atoms with E-state index in [9.17, 15) is 13.2 Å². The highest BCUT2D eigenvalue weighted by Gasteiger charge is 2.14. The SMILES string of the molecule is COc1ccc(NS(=O)(=O)c2ccc(NC(=O)CCCOc3ccc(C)cc3)cc2)cc1. The molecule has 0 bridgehead atoms. The molecule has 2 N–H and O–H groups in total. The maximum absolute atomic E-state index is 12.6. The maximum Gasteiger partial charge on any atom is 0.261 e. The first-order valence-corrected chi connectivity index (χ1v) is 11.6. The minimum Gasteiger partial charge on any atom is -0.497 e. The zero-order valence-electron chi connectivity index (χ0n) is 18.0. The van der Waals surface area contributed by atoms with E-state index in [4.69, 9.17) is 9.47 Å². The molecule has 32 heavy (non-hydrogen) atoms. The molecule has 0 saturated heterocycles. The van der Waals surface area contributed by atoms with Gasteiger partial charge in [-0.3, -0.25) is 9.52 Å². The number of aryl methyl sites for hydroxylation is 1. The van der Waals surface area contributed by atoms with Crippen LogP contribution in [0.3, 0.4) is 0 Å². The number of amides is 1. The van der Waals surface area contributed by atoms with Crippen molar-refractivity contribution in [3.05, 3.63) is 78.4 Å². The maximum atomic E-state index is 12.6. The number of carbonyl (C=O) groups is 1. The molecule has 0 saturated carbocycles. The standard InChI is InChI=1S/C24H26N2O5S/c1-18-5-11-22(12-6-18)31-17-3-4-24(27)25-19-9-15-23(16-10-19)32(28,29)26-20-7-13-21(30-2)14-8-20/h5-16,26H,3-4,17H2,1-2H3,(H,25,27). The van der Waals surface area contributed by atoms with Crippen LogP contribution in [-0.4, -0.2) is 28.0 Å². The molecule has 3 aromatic rings. The third-order valence-electron chi connectivity index (χ3n) is 4.63. The number of hydrogen-bond donors (Lipinski definition) is 2. The molecule has 0 radical (unpaired) electrons. The highest BCUT2D eigenvalue weighted by molar-refractivity contribution is 7.92. The van der Waals surface area contributed by atoms with Crippen molar-refractivity contribution < 1.29 is 22.7 Å². The highest BCUT2D eigenvalue weighted by atomic mass is 32.2. The fourth-order valence-electron chi connectivity index (χ4n) is 2.87. The summed E-state index contributed by atoms with van der Waals surface area (Å²) >= 11 is 0. The summed E-state index contributed by atoms with van der Waals surface area (Å²) < 4.78 is 38.3. The monoisotopic (exact) mass is 454 g/mol. The average Bonchev–Trinajstić information content (AvgIpc) is 2.78. The lowest BCUT2D eigenvalue weighted by Gasteiger charge is -2.10. The van der Waals surface area contributed by atoms with E-state index in [1.54, 1.807) is 43.5 Å². The Morgan fingerprint density at radius 1 is 0.844 bits per heavy atom. The number of methoxy groups -OCH3 is 1. The molecule has 0 aromatic heterocycles. The second kappa shape index (κ2) is 10.7. The van der Waals surface area contributed by atoms with Crippen LogP contribution in [0.15, 0.2) is 77.7 Å². The number of sulfonamides is 1. The van der Waals surface area contributed by atoms with Crippen molar-refractivity contribution >= 4 is 27.3 Å². The van der Waals surface area contributed by atoms with Crippen molar-refractivity contribution in [2.24, 2.45) is 0 Å². The molecule has 0 aliphatic carbocycles. The van der Waals surface area contributed by atoms with Crippen molar-refractivity contribution in [1.29, 1.82) is 0 Å². The minimum atomic E-state index is -3.74. The van der Waals surface area contributed by atoms with Gasteiger partial charge in [0, 0.05) is 17.8 Å². The Morgan fingerprint density at radius 3 is 2.06 bits per heavy atom. The smallest absolute Gasteiger partial charge is 0.261 e. The number of carbonyl (C=O) groups excluding carboxylic acids is 1. The summed E-state index contributed by atoms with van der Waals surface area (Å²) in [6.07, 6.45) is 0.864. The van der Waals surface area contributed by atoms with Crippen molar-refractivity contribution in [1.82, 2.24) is 0 Å². The normalized spacial score (nSPS) is 10.9. The van der Waals surface area contributed by atoms with Crippen molar-refractivity contribution in [3.63, 3.8) is 0 Å². The van der Waals surface area contributed by atoms with Crippen LogP contribution >= 0.6 is 0 Å². The topological polar surface area (TPSA) is 93.7 Å². The summed E-state index contributed by atoms with van der Waals surface area (Å²) in [5, 5.41) is 2.77. The first-order valence-electron chi connectivity index (χ1n) is 10.1. The van der Waals surface area contributed by atoms with Crippen LogP contribution in [-0.2, 0) is 14.8 Å². The molecule has 168 valence electrons. The Labute approximate surface area is 188 Å². The highest BCUT2D eigenvalue weighted by Crippen LogP contribution is 2.21. The van der Waals surface area contributed by atoms with E-state index in [1.165, 1.54) is 12.1 Å². The summed E-state index contributed by atoms with van der Waals surface area (Å²) in [6.45, 7) is 2.44. The fraction of sp³-hybridized carbons (Fsp3) is 0.208. The zero-order valence-corrected chi connectivity index (χ0v) is 18.8. The van der Waals surface area contributed by atoms with Crippen LogP contribution in [0.2, 0.25) is 0 Å². The van der Waals surface area contributed by atoms with E-state index in [2.05, 4.69) is 10.0 Å². The lowest BCUT2D eigenvalue weighted by atomic mass is 10.2. The predicted molar refractivity (Wildman–Crippen MR) is 125 cm³/mol. The molecule has 3 rings (SSSR count). The molecule has 0 heterocycles. The van der Waals surface area contributed by atoms with Gasteiger partial charge in [-0.25, -0.2) is 8.42 Å². The van der Waals surface area contributed by atoms with E-state index in [-0.39, 0.29) is 10.8 Å². The van der Waals surface area contributed by atoms with Gasteiger partial charge in [0.05, 0.1) is 18.6 Å². The second-order valence-corrected chi connectivity index (χ2v) is 8.85. The largest absolute Gasteiger partial charge is 0.497 e. The van der Waals surface area contributed by atoms with Crippen LogP contribution < -0.4 is 19.5 Å². The Balaban J connectivity index is 1.47. The third-order valence-corrected chi connectivity index (χ3v) is 6.03. The number of anilines is 2. The van der Waals surface area contributed by atoms with Crippen molar-refractivity contribution in [2.75, 3.05) is 23.8 Å². The first-order chi connectivity index (χ1) is 15.4. The second-order valence-electron chi connectivity index (χ2n) is 7.17. The van der Waals surface area contributed by atoms with Gasteiger partial charge in [-0.05, 0) is 74.0 Å². The van der Waals surface area contributed by atoms with E-state index >= 15 is 0 Å². The van der Waals surface area contributed by atoms with Gasteiger partial charge in [0.15, 0.2) is 0 Å². The predicted octanol–water partition coefficient (Wildman–Crippen LogP) is 4.60. The van der Waals surface area contributed by atoms with E-state index in [0.29, 0.717) is 36.6 Å². The van der Waals surface area contributed by atoms with E-state index in [0.717, 1.165) is 11.3 Å². The molecule has 8 heteroatoms. The zero-order chi connectivity index (χ0) is 23.0. The third kappa shape index (κ3) is 6.75. The molecule has 0 aliphatic rings. The molecule has 0 spiro atoms. The van der Waals surface area contributed by atoms with Gasteiger partial charge in [0.25, 0.3) is 10.0 Å². The lowest BCUT2D eigenvalue weighted by molar-refractivity contribution is -0.116. The van der Waals surface area contributed by atoms with Gasteiger partial charge in [-0.2, -0.15) is 0 Å². The molecule has 1 amide bonds. The van der Waals surface area contributed by atoms with Crippen LogP contribution in [0.5, 0.6) is 11.5 Å². The molecule has 0 fully saturated rings. The molecule has 0 unspecified atom stereocenters. The van der Waals surface area contributed by atoms with Crippen LogP contribution in [0.4, 0.5) is 11.4 Å². The average molecular weight is 455 g/mol. The van der Waals surface area contributed by atoms with Crippen LogP contribution in [0.25, 0.3) is 0 Å². The van der Waals surface area contributed by atoms with Crippen LogP contribution in [0.1, 0.15) is 18.4 Å². The minimum absolute atomic E-state index is 0.0952. The number of benzene rings is 3. The summed E-state index contributed by atoms with van der Waals surface area (Å²) in [6, 6.07) is 20.3. The number of rotatable bonds is 10. The van der Waals surface area contributed by atoms with Crippen molar-refractivity contribution in [3.8, 4) is 11.5 Å². The van der Waals surface area contributed by atoms with Crippen molar-refractivity contribution in [2.45, 2.75) is 24.7 Å². The van der Waals surface area contributed by atoms with Gasteiger partial charge >= 0.3 is 0 Å². The summed E-state index contributed by atoms with van der Waals surface area (Å²) in [5.41, 5.74) is 2.11. The van der Waals surface area contributed by atoms with E-state index < -0.39 is 10.0 Å². The van der Waals surface area contributed by atoms with Gasteiger partial charge in [0.2, 0.25) is 5.91 Å². The molecule has 3 aromatic carbocycles. The van der Waals surface area contributed by atoms with Gasteiger partial charge in [0.1, 0.15) is 11.5 Å². The fourth-order valence-corrected chi connectivity index (χ4v) is 3.93. The molecular formula is C24H26N2O5S. The van der Waals surface area contributed by atoms with Gasteiger partial charge < -0.3 is 14.8 Å². The first kappa shape index (κ1) is 23.1. The number of ether oxygens (including phenoxy) is 2. The Bertz CT molecular complexity index is 1130. The Morgan fingerprint density at radius 2 is 1.44 bits per heavy atom. The Kier molecular flexibility index (Phi) is 7.72. The van der Waals surface area contributed by atoms with Gasteiger partial charge in [-0.1, -0.05) is 17.7 Å². The quantitative estimate of drug-likeness (QED) is 0.437. The van der Waals surface area contributed by atoms with Crippen LogP contribution in [0, 0.1) is 6.92 Å². The van der Waals surface area contributed by atoms with Gasteiger partial charge in [-0.15, -0.1) is 0 Å². The molecule has 0 aliphatic heterocycles. The Hall–Kier alpha value is -3.52. The molecular weight excluding hydrogens is 428 g/mol. The number of nitrogens with one attached hydrogen (secondary N) is 2. The summed E-state index contributed by atoms with van der Waals surface area (Å²) in [5.74, 6) is 1.25. The molecule has 0 atom stereocenters. The summed E-state index contributed by atoms with van der Waals surface area (Å²) in [7, 11) is -2.20. The number of hydrogen-bond acceptors (Lipinski definition) is 5.